The second-order valence-corrected chi connectivity index (χ2v) is 8.93. The van der Waals surface area contributed by atoms with Crippen LogP contribution in [-0.2, 0) is 11.3 Å². The van der Waals surface area contributed by atoms with Gasteiger partial charge in [0.05, 0.1) is 24.3 Å². The van der Waals surface area contributed by atoms with Crippen LogP contribution in [0.15, 0.2) is 72.8 Å². The van der Waals surface area contributed by atoms with Gasteiger partial charge in [-0.1, -0.05) is 42.5 Å². The van der Waals surface area contributed by atoms with E-state index >= 15 is 0 Å². The van der Waals surface area contributed by atoms with Gasteiger partial charge >= 0.3 is 0 Å². The Morgan fingerprint density at radius 2 is 1.75 bits per heavy atom. The standard InChI is InChI=1S/C28H31N5O3/c1-32-13-15-33(16-14-32)26-10-6-5-9-24(26)28(34)29-27-23-12-11-22(19-25(23)30-31-27)36-18-17-35-20-21-7-3-2-4-8-21/h2-12,19H,13-18,20H2,1H3,(H2,29,30,31,34). The Labute approximate surface area is 210 Å². The first-order chi connectivity index (χ1) is 17.7. The molecule has 8 heteroatoms. The zero-order valence-corrected chi connectivity index (χ0v) is 20.4. The van der Waals surface area contributed by atoms with Gasteiger partial charge in [0, 0.05) is 43.3 Å². The Kier molecular flexibility index (Phi) is 7.44. The summed E-state index contributed by atoms with van der Waals surface area (Å²) in [5, 5.41) is 11.2. The first-order valence-corrected chi connectivity index (χ1v) is 12.2. The van der Waals surface area contributed by atoms with Crippen LogP contribution in [0.1, 0.15) is 15.9 Å². The zero-order valence-electron chi connectivity index (χ0n) is 20.4. The highest BCUT2D eigenvalue weighted by atomic mass is 16.5. The number of likely N-dealkylation sites (N-methyl/N-ethyl adjacent to an activating group) is 1. The van der Waals surface area contributed by atoms with Gasteiger partial charge in [0.2, 0.25) is 0 Å². The third kappa shape index (κ3) is 5.67. The number of ether oxygens (including phenoxy) is 2. The van der Waals surface area contributed by atoms with E-state index in [2.05, 4.69) is 32.4 Å². The second-order valence-electron chi connectivity index (χ2n) is 8.93. The molecule has 0 atom stereocenters. The summed E-state index contributed by atoms with van der Waals surface area (Å²) < 4.78 is 11.5. The Balaban J connectivity index is 1.19. The minimum Gasteiger partial charge on any atom is -0.491 e. The Morgan fingerprint density at radius 1 is 0.972 bits per heavy atom. The van der Waals surface area contributed by atoms with Crippen LogP contribution in [0, 0.1) is 0 Å². The van der Waals surface area contributed by atoms with Crippen LogP contribution in [-0.4, -0.2) is 67.4 Å². The minimum absolute atomic E-state index is 0.172. The number of anilines is 2. The number of nitrogens with zero attached hydrogens (tertiary/aromatic N) is 3. The molecule has 186 valence electrons. The van der Waals surface area contributed by atoms with E-state index in [0.29, 0.717) is 37.0 Å². The number of benzene rings is 3. The van der Waals surface area contributed by atoms with Gasteiger partial charge in [0.1, 0.15) is 12.4 Å². The van der Waals surface area contributed by atoms with Crippen LogP contribution < -0.4 is 15.0 Å². The number of H-pyrrole nitrogens is 1. The van der Waals surface area contributed by atoms with Crippen LogP contribution in [0.25, 0.3) is 10.9 Å². The molecule has 0 saturated carbocycles. The van der Waals surface area contributed by atoms with Crippen molar-refractivity contribution >= 4 is 28.3 Å². The maximum absolute atomic E-state index is 13.2. The molecule has 0 bridgehead atoms. The molecular formula is C28H31N5O3. The molecular weight excluding hydrogens is 454 g/mol. The van der Waals surface area contributed by atoms with Crippen molar-refractivity contribution in [2.24, 2.45) is 0 Å². The molecule has 2 heterocycles. The number of piperazine rings is 1. The number of carbonyl (C=O) groups is 1. The van der Waals surface area contributed by atoms with Crippen LogP contribution in [0.3, 0.4) is 0 Å². The van der Waals surface area contributed by atoms with Crippen LogP contribution in [0.2, 0.25) is 0 Å². The number of amides is 1. The van der Waals surface area contributed by atoms with Crippen LogP contribution >= 0.6 is 0 Å². The fourth-order valence-corrected chi connectivity index (χ4v) is 4.33. The lowest BCUT2D eigenvalue weighted by molar-refractivity contribution is 0.0889. The third-order valence-electron chi connectivity index (χ3n) is 6.37. The molecule has 2 N–H and O–H groups in total. The van der Waals surface area contributed by atoms with E-state index in [4.69, 9.17) is 9.47 Å². The molecule has 1 saturated heterocycles. The van der Waals surface area contributed by atoms with Gasteiger partial charge in [-0.25, -0.2) is 0 Å². The fraction of sp³-hybridized carbons (Fsp3) is 0.286. The van der Waals surface area contributed by atoms with Crippen molar-refractivity contribution in [3.8, 4) is 5.75 Å². The van der Waals surface area contributed by atoms with Crippen molar-refractivity contribution in [3.05, 3.63) is 83.9 Å². The molecule has 1 fully saturated rings. The number of fused-ring (bicyclic) bond motifs is 1. The SMILES string of the molecule is CN1CCN(c2ccccc2C(=O)Nc2n[nH]c3cc(OCCOCc4ccccc4)ccc23)CC1. The number of rotatable bonds is 9. The number of aromatic nitrogens is 2. The quantitative estimate of drug-likeness (QED) is 0.347. The normalized spacial score (nSPS) is 14.2. The van der Waals surface area contributed by atoms with Crippen molar-refractivity contribution in [1.29, 1.82) is 0 Å². The van der Waals surface area contributed by atoms with Gasteiger partial charge in [0.25, 0.3) is 5.91 Å². The molecule has 1 aliphatic heterocycles. The summed E-state index contributed by atoms with van der Waals surface area (Å²) in [4.78, 5) is 17.8. The van der Waals surface area contributed by atoms with Crippen LogP contribution in [0.5, 0.6) is 5.75 Å². The summed E-state index contributed by atoms with van der Waals surface area (Å²) in [5.74, 6) is 1.04. The summed E-state index contributed by atoms with van der Waals surface area (Å²) in [6, 6.07) is 23.5. The first-order valence-electron chi connectivity index (χ1n) is 12.2. The maximum Gasteiger partial charge on any atom is 0.258 e. The number of hydrogen-bond donors (Lipinski definition) is 2. The van der Waals surface area contributed by atoms with Gasteiger partial charge in [-0.2, -0.15) is 5.10 Å². The highest BCUT2D eigenvalue weighted by molar-refractivity contribution is 6.10. The summed E-state index contributed by atoms with van der Waals surface area (Å²) in [6.45, 7) is 5.24. The fourth-order valence-electron chi connectivity index (χ4n) is 4.33. The average Bonchev–Trinajstić information content (AvgIpc) is 3.31. The zero-order chi connectivity index (χ0) is 24.7. The maximum atomic E-state index is 13.2. The molecule has 3 aromatic carbocycles. The molecule has 0 aliphatic carbocycles. The van der Waals surface area contributed by atoms with Crippen molar-refractivity contribution < 1.29 is 14.3 Å². The van der Waals surface area contributed by atoms with E-state index in [-0.39, 0.29) is 5.91 Å². The predicted molar refractivity (Wildman–Crippen MR) is 142 cm³/mol. The number of hydrogen-bond acceptors (Lipinski definition) is 6. The lowest BCUT2D eigenvalue weighted by Crippen LogP contribution is -2.45. The van der Waals surface area contributed by atoms with Gasteiger partial charge < -0.3 is 24.6 Å². The Bertz CT molecular complexity index is 1300. The molecule has 1 aromatic heterocycles. The molecule has 0 radical (unpaired) electrons. The van der Waals surface area contributed by atoms with E-state index in [9.17, 15) is 4.79 Å². The topological polar surface area (TPSA) is 82.7 Å². The van der Waals surface area contributed by atoms with Crippen molar-refractivity contribution in [2.45, 2.75) is 6.61 Å². The summed E-state index contributed by atoms with van der Waals surface area (Å²) in [7, 11) is 2.12. The van der Waals surface area contributed by atoms with Crippen molar-refractivity contribution in [3.63, 3.8) is 0 Å². The number of carbonyl (C=O) groups excluding carboxylic acids is 1. The van der Waals surface area contributed by atoms with Crippen molar-refractivity contribution in [2.75, 3.05) is 56.7 Å². The van der Waals surface area contributed by atoms with E-state index in [1.165, 1.54) is 0 Å². The molecule has 0 unspecified atom stereocenters. The molecule has 5 rings (SSSR count). The van der Waals surface area contributed by atoms with Gasteiger partial charge in [-0.15, -0.1) is 0 Å². The van der Waals surface area contributed by atoms with Gasteiger partial charge in [-0.3, -0.25) is 9.89 Å². The number of para-hydroxylation sites is 1. The largest absolute Gasteiger partial charge is 0.491 e. The molecule has 0 spiro atoms. The highest BCUT2D eigenvalue weighted by Crippen LogP contribution is 2.27. The lowest BCUT2D eigenvalue weighted by Gasteiger charge is -2.34. The Hall–Kier alpha value is -3.88. The second kappa shape index (κ2) is 11.2. The summed E-state index contributed by atoms with van der Waals surface area (Å²) in [5.41, 5.74) is 3.53. The summed E-state index contributed by atoms with van der Waals surface area (Å²) >= 11 is 0. The van der Waals surface area contributed by atoms with E-state index in [0.717, 1.165) is 48.3 Å². The first kappa shape index (κ1) is 23.8. The predicted octanol–water partition coefficient (Wildman–Crippen LogP) is 4.16. The molecule has 1 aliphatic rings. The number of nitrogens with one attached hydrogen (secondary N) is 2. The minimum atomic E-state index is -0.172. The molecule has 8 nitrogen and oxygen atoms in total. The van der Waals surface area contributed by atoms with Crippen LogP contribution in [0.4, 0.5) is 11.5 Å². The van der Waals surface area contributed by atoms with Gasteiger partial charge in [-0.05, 0) is 36.9 Å². The van der Waals surface area contributed by atoms with Crippen molar-refractivity contribution in [1.82, 2.24) is 15.1 Å². The third-order valence-corrected chi connectivity index (χ3v) is 6.37. The lowest BCUT2D eigenvalue weighted by atomic mass is 10.1. The van der Waals surface area contributed by atoms with E-state index in [1.807, 2.05) is 72.8 Å². The van der Waals surface area contributed by atoms with Gasteiger partial charge in [0.15, 0.2) is 5.82 Å². The molecule has 1 amide bonds. The summed E-state index contributed by atoms with van der Waals surface area (Å²) in [6.07, 6.45) is 0. The highest BCUT2D eigenvalue weighted by Gasteiger charge is 2.21. The number of aromatic amines is 1. The Morgan fingerprint density at radius 3 is 2.58 bits per heavy atom. The molecule has 4 aromatic rings. The molecule has 36 heavy (non-hydrogen) atoms. The smallest absolute Gasteiger partial charge is 0.258 e. The monoisotopic (exact) mass is 485 g/mol. The van der Waals surface area contributed by atoms with E-state index in [1.54, 1.807) is 0 Å². The van der Waals surface area contributed by atoms with E-state index < -0.39 is 0 Å². The average molecular weight is 486 g/mol.